The van der Waals surface area contributed by atoms with E-state index in [1.165, 1.54) is 5.57 Å². The standard InChI is InChI=1S/C20H26O3/c1-11-8-12-9-13(21)6-7-19(12,2)18-15(22)10-20(3)14(17(11)18)4-5-16(20)23/h9,11,14,17-18H,4-8,10H2,1-3H3/t11?,14-,17-,18-,19-,20-/m0/s1. The largest absolute Gasteiger partial charge is 0.299 e. The Morgan fingerprint density at radius 2 is 1.83 bits per heavy atom. The Kier molecular flexibility index (Phi) is 3.09. The second-order valence-electron chi connectivity index (χ2n) is 8.92. The molecule has 0 saturated heterocycles. The Balaban J connectivity index is 1.82. The van der Waals surface area contributed by atoms with Crippen LogP contribution in [-0.4, -0.2) is 17.3 Å². The molecule has 3 nitrogen and oxygen atoms in total. The van der Waals surface area contributed by atoms with Crippen LogP contribution in [0.25, 0.3) is 0 Å². The predicted molar refractivity (Wildman–Crippen MR) is 86.7 cm³/mol. The quantitative estimate of drug-likeness (QED) is 0.687. The molecule has 0 aromatic rings. The lowest BCUT2D eigenvalue weighted by Crippen LogP contribution is -2.57. The number of allylic oxidation sites excluding steroid dienone is 1. The normalized spacial score (nSPS) is 49.3. The van der Waals surface area contributed by atoms with Crippen molar-refractivity contribution in [2.24, 2.45) is 34.5 Å². The van der Waals surface area contributed by atoms with Crippen LogP contribution in [-0.2, 0) is 14.4 Å². The highest BCUT2D eigenvalue weighted by Crippen LogP contribution is 2.64. The summed E-state index contributed by atoms with van der Waals surface area (Å²) in [5.74, 6) is 1.84. The fourth-order valence-electron chi connectivity index (χ4n) is 6.47. The fourth-order valence-corrected chi connectivity index (χ4v) is 6.47. The SMILES string of the molecule is CC1CC2=CC(=O)CC[C@]2(C)[C@H]2C(=O)C[C@]3(C)C(=O)CC[C@H]3[C@H]12. The van der Waals surface area contributed by atoms with Crippen molar-refractivity contribution in [3.63, 3.8) is 0 Å². The van der Waals surface area contributed by atoms with Gasteiger partial charge in [0.2, 0.25) is 0 Å². The molecule has 6 atom stereocenters. The lowest BCUT2D eigenvalue weighted by atomic mass is 9.45. The molecular formula is C20H26O3. The van der Waals surface area contributed by atoms with E-state index in [9.17, 15) is 14.4 Å². The molecule has 3 saturated carbocycles. The van der Waals surface area contributed by atoms with Crippen molar-refractivity contribution < 1.29 is 14.4 Å². The maximum atomic E-state index is 13.1. The summed E-state index contributed by atoms with van der Waals surface area (Å²) in [6.45, 7) is 6.46. The van der Waals surface area contributed by atoms with Crippen molar-refractivity contribution in [2.45, 2.75) is 59.3 Å². The van der Waals surface area contributed by atoms with Gasteiger partial charge in [-0.3, -0.25) is 14.4 Å². The minimum Gasteiger partial charge on any atom is -0.299 e. The first-order valence-electron chi connectivity index (χ1n) is 9.07. The number of Topliss-reactive ketones (excluding diaryl/α,β-unsaturated/α-hetero) is 2. The third-order valence-electron chi connectivity index (χ3n) is 7.72. The smallest absolute Gasteiger partial charge is 0.155 e. The third-order valence-corrected chi connectivity index (χ3v) is 7.72. The Morgan fingerprint density at radius 1 is 1.09 bits per heavy atom. The van der Waals surface area contributed by atoms with Crippen LogP contribution < -0.4 is 0 Å². The number of hydrogen-bond acceptors (Lipinski definition) is 3. The summed E-state index contributed by atoms with van der Waals surface area (Å²) in [4.78, 5) is 37.5. The van der Waals surface area contributed by atoms with Crippen LogP contribution in [0.1, 0.15) is 59.3 Å². The maximum absolute atomic E-state index is 13.1. The highest BCUT2D eigenvalue weighted by Gasteiger charge is 2.63. The number of rotatable bonds is 0. The van der Waals surface area contributed by atoms with Gasteiger partial charge in [0.05, 0.1) is 0 Å². The summed E-state index contributed by atoms with van der Waals surface area (Å²) in [6, 6.07) is 0. The predicted octanol–water partition coefficient (Wildman–Crippen LogP) is 3.51. The molecule has 0 amide bonds. The molecule has 0 heterocycles. The van der Waals surface area contributed by atoms with E-state index in [1.807, 2.05) is 13.0 Å². The minimum absolute atomic E-state index is 0.00887. The third kappa shape index (κ3) is 1.85. The number of hydrogen-bond donors (Lipinski definition) is 0. The van der Waals surface area contributed by atoms with Gasteiger partial charge in [0.15, 0.2) is 5.78 Å². The minimum atomic E-state index is -0.422. The van der Waals surface area contributed by atoms with Gasteiger partial charge in [-0.25, -0.2) is 0 Å². The Labute approximate surface area is 137 Å². The lowest BCUT2D eigenvalue weighted by molar-refractivity contribution is -0.153. The van der Waals surface area contributed by atoms with Crippen molar-refractivity contribution >= 4 is 17.3 Å². The maximum Gasteiger partial charge on any atom is 0.155 e. The summed E-state index contributed by atoms with van der Waals surface area (Å²) in [7, 11) is 0. The summed E-state index contributed by atoms with van der Waals surface area (Å²) in [6.07, 6.45) is 6.11. The van der Waals surface area contributed by atoms with Crippen molar-refractivity contribution in [3.05, 3.63) is 11.6 Å². The monoisotopic (exact) mass is 314 g/mol. The average Bonchev–Trinajstić information content (AvgIpc) is 2.76. The molecule has 3 heteroatoms. The number of carbonyl (C=O) groups excluding carboxylic acids is 3. The van der Waals surface area contributed by atoms with Gasteiger partial charge < -0.3 is 0 Å². The topological polar surface area (TPSA) is 51.2 Å². The van der Waals surface area contributed by atoms with Gasteiger partial charge in [-0.2, -0.15) is 0 Å². The highest BCUT2D eigenvalue weighted by molar-refractivity contribution is 5.96. The molecule has 4 rings (SSSR count). The van der Waals surface area contributed by atoms with Crippen LogP contribution in [0.15, 0.2) is 11.6 Å². The van der Waals surface area contributed by atoms with E-state index >= 15 is 0 Å². The second-order valence-corrected chi connectivity index (χ2v) is 8.92. The van der Waals surface area contributed by atoms with Crippen LogP contribution in [0.4, 0.5) is 0 Å². The molecule has 23 heavy (non-hydrogen) atoms. The molecule has 0 N–H and O–H groups in total. The van der Waals surface area contributed by atoms with E-state index in [0.29, 0.717) is 42.8 Å². The molecule has 4 aliphatic rings. The number of fused-ring (bicyclic) bond motifs is 5. The first-order chi connectivity index (χ1) is 10.8. The lowest BCUT2D eigenvalue weighted by Gasteiger charge is -2.57. The molecular weight excluding hydrogens is 288 g/mol. The van der Waals surface area contributed by atoms with Crippen LogP contribution >= 0.6 is 0 Å². The number of ketones is 3. The van der Waals surface area contributed by atoms with Crippen LogP contribution in [0, 0.1) is 34.5 Å². The van der Waals surface area contributed by atoms with E-state index in [4.69, 9.17) is 0 Å². The van der Waals surface area contributed by atoms with E-state index in [1.54, 1.807) is 0 Å². The molecule has 4 aliphatic carbocycles. The van der Waals surface area contributed by atoms with E-state index in [-0.39, 0.29) is 22.9 Å². The first-order valence-corrected chi connectivity index (χ1v) is 9.07. The zero-order valence-electron chi connectivity index (χ0n) is 14.4. The van der Waals surface area contributed by atoms with Crippen LogP contribution in [0.5, 0.6) is 0 Å². The molecule has 0 radical (unpaired) electrons. The molecule has 0 spiro atoms. The average molecular weight is 314 g/mol. The van der Waals surface area contributed by atoms with E-state index in [2.05, 4.69) is 13.8 Å². The van der Waals surface area contributed by atoms with Gasteiger partial charge in [0.1, 0.15) is 11.6 Å². The number of carbonyl (C=O) groups is 3. The molecule has 124 valence electrons. The van der Waals surface area contributed by atoms with Crippen molar-refractivity contribution in [1.82, 2.24) is 0 Å². The van der Waals surface area contributed by atoms with Gasteiger partial charge >= 0.3 is 0 Å². The molecule has 1 unspecified atom stereocenters. The van der Waals surface area contributed by atoms with E-state index in [0.717, 1.165) is 19.3 Å². The van der Waals surface area contributed by atoms with Crippen molar-refractivity contribution in [3.8, 4) is 0 Å². The fraction of sp³-hybridized carbons (Fsp3) is 0.750. The molecule has 3 fully saturated rings. The summed E-state index contributed by atoms with van der Waals surface area (Å²) in [5.41, 5.74) is 0.618. The Hall–Kier alpha value is -1.25. The van der Waals surface area contributed by atoms with E-state index < -0.39 is 5.41 Å². The van der Waals surface area contributed by atoms with Crippen LogP contribution in [0.2, 0.25) is 0 Å². The van der Waals surface area contributed by atoms with Crippen molar-refractivity contribution in [2.75, 3.05) is 0 Å². The van der Waals surface area contributed by atoms with Gasteiger partial charge in [-0.15, -0.1) is 0 Å². The zero-order chi connectivity index (χ0) is 16.6. The first kappa shape index (κ1) is 15.3. The summed E-state index contributed by atoms with van der Waals surface area (Å²) in [5, 5.41) is 0. The Bertz CT molecular complexity index is 645. The summed E-state index contributed by atoms with van der Waals surface area (Å²) < 4.78 is 0. The second kappa shape index (κ2) is 4.64. The zero-order valence-corrected chi connectivity index (χ0v) is 14.4. The van der Waals surface area contributed by atoms with Gasteiger partial charge in [0.25, 0.3) is 0 Å². The van der Waals surface area contributed by atoms with Crippen LogP contribution in [0.3, 0.4) is 0 Å². The van der Waals surface area contributed by atoms with Gasteiger partial charge in [0, 0.05) is 30.6 Å². The van der Waals surface area contributed by atoms with Gasteiger partial charge in [-0.05, 0) is 48.5 Å². The van der Waals surface area contributed by atoms with Gasteiger partial charge in [-0.1, -0.05) is 26.3 Å². The van der Waals surface area contributed by atoms with Crippen molar-refractivity contribution in [1.29, 1.82) is 0 Å². The molecule has 0 aromatic carbocycles. The molecule has 0 bridgehead atoms. The highest BCUT2D eigenvalue weighted by atomic mass is 16.1. The molecule has 0 aromatic heterocycles. The summed E-state index contributed by atoms with van der Waals surface area (Å²) >= 11 is 0. The molecule has 0 aliphatic heterocycles. The Morgan fingerprint density at radius 3 is 2.57 bits per heavy atom.